The van der Waals surface area contributed by atoms with Crippen molar-refractivity contribution in [3.8, 4) is 0 Å². The van der Waals surface area contributed by atoms with Crippen molar-refractivity contribution >= 4 is 5.91 Å². The highest BCUT2D eigenvalue weighted by atomic mass is 16.2. The van der Waals surface area contributed by atoms with E-state index in [-0.39, 0.29) is 17.9 Å². The molecule has 2 N–H and O–H groups in total. The van der Waals surface area contributed by atoms with Gasteiger partial charge in [0.1, 0.15) is 0 Å². The lowest BCUT2D eigenvalue weighted by molar-refractivity contribution is -0.136. The predicted octanol–water partition coefficient (Wildman–Crippen LogP) is 1.51. The van der Waals surface area contributed by atoms with Gasteiger partial charge in [0.25, 0.3) is 0 Å². The predicted molar refractivity (Wildman–Crippen MR) is 73.1 cm³/mol. The minimum atomic E-state index is -0.445. The third-order valence-electron chi connectivity index (χ3n) is 3.63. The second kappa shape index (κ2) is 5.65. The van der Waals surface area contributed by atoms with Gasteiger partial charge in [-0.05, 0) is 25.7 Å². The van der Waals surface area contributed by atoms with Gasteiger partial charge in [0.05, 0.1) is 24.0 Å². The fourth-order valence-corrected chi connectivity index (χ4v) is 2.17. The van der Waals surface area contributed by atoms with Crippen LogP contribution in [0.4, 0.5) is 0 Å². The third-order valence-corrected chi connectivity index (χ3v) is 3.63. The third kappa shape index (κ3) is 3.10. The summed E-state index contributed by atoms with van der Waals surface area (Å²) in [4.78, 5) is 22.8. The molecule has 1 aliphatic rings. The molecule has 0 radical (unpaired) electrons. The monoisotopic (exact) mass is 262 g/mol. The van der Waals surface area contributed by atoms with Gasteiger partial charge >= 0.3 is 0 Å². The van der Waals surface area contributed by atoms with Crippen molar-refractivity contribution < 1.29 is 4.79 Å². The normalized spacial score (nSPS) is 18.2. The van der Waals surface area contributed by atoms with E-state index in [1.54, 1.807) is 18.6 Å². The van der Waals surface area contributed by atoms with Crippen molar-refractivity contribution in [1.29, 1.82) is 0 Å². The van der Waals surface area contributed by atoms with Crippen LogP contribution in [0.5, 0.6) is 0 Å². The summed E-state index contributed by atoms with van der Waals surface area (Å²) in [5.41, 5.74) is 6.83. The van der Waals surface area contributed by atoms with Crippen molar-refractivity contribution in [2.45, 2.75) is 51.7 Å². The van der Waals surface area contributed by atoms with Crippen LogP contribution in [0.25, 0.3) is 0 Å². The van der Waals surface area contributed by atoms with Crippen LogP contribution < -0.4 is 5.73 Å². The molecule has 1 heterocycles. The summed E-state index contributed by atoms with van der Waals surface area (Å²) in [5.74, 6) is 0.165. The van der Waals surface area contributed by atoms with E-state index in [1.165, 1.54) is 0 Å². The largest absolute Gasteiger partial charge is 0.330 e. The summed E-state index contributed by atoms with van der Waals surface area (Å²) in [7, 11) is 0. The molecule has 0 aliphatic heterocycles. The van der Waals surface area contributed by atoms with Crippen molar-refractivity contribution in [3.63, 3.8) is 0 Å². The first-order valence-corrected chi connectivity index (χ1v) is 6.86. The van der Waals surface area contributed by atoms with Crippen molar-refractivity contribution in [1.82, 2.24) is 14.9 Å². The molecule has 2 rings (SSSR count). The Bertz CT molecular complexity index is 430. The maximum atomic E-state index is 12.5. The molecule has 0 bridgehead atoms. The first-order valence-electron chi connectivity index (χ1n) is 6.86. The van der Waals surface area contributed by atoms with Gasteiger partial charge in [-0.3, -0.25) is 14.8 Å². The summed E-state index contributed by atoms with van der Waals surface area (Å²) >= 11 is 0. The summed E-state index contributed by atoms with van der Waals surface area (Å²) in [6, 6.07) is -0.201. The van der Waals surface area contributed by atoms with Crippen LogP contribution >= 0.6 is 0 Å². The van der Waals surface area contributed by atoms with Crippen LogP contribution in [0.1, 0.15) is 45.3 Å². The lowest BCUT2D eigenvalue weighted by atomic mass is 10.0. The van der Waals surface area contributed by atoms with Gasteiger partial charge < -0.3 is 10.6 Å². The molecule has 2 atom stereocenters. The number of hydrogen-bond donors (Lipinski definition) is 1. The first-order chi connectivity index (χ1) is 9.02. The molecule has 104 valence electrons. The summed E-state index contributed by atoms with van der Waals surface area (Å²) in [6.07, 6.45) is 7.12. The zero-order valence-corrected chi connectivity index (χ0v) is 11.8. The molecule has 2 unspecified atom stereocenters. The highest BCUT2D eigenvalue weighted by Gasteiger charge is 2.39. The standard InChI is InChI=1S/C14H22N4O/c1-9(2)13(15)14(19)18(11-4-5-11)10(3)12-8-16-6-7-17-12/h6-11,13H,4-5,15H2,1-3H3. The molecule has 1 aromatic rings. The maximum absolute atomic E-state index is 12.5. The fourth-order valence-electron chi connectivity index (χ4n) is 2.17. The van der Waals surface area contributed by atoms with E-state index in [1.807, 2.05) is 25.7 Å². The van der Waals surface area contributed by atoms with Gasteiger partial charge in [0.2, 0.25) is 5.91 Å². The Morgan fingerprint density at radius 1 is 1.37 bits per heavy atom. The Labute approximate surface area is 114 Å². The van der Waals surface area contributed by atoms with Crippen LogP contribution in [-0.2, 0) is 4.79 Å². The summed E-state index contributed by atoms with van der Waals surface area (Å²) in [6.45, 7) is 5.94. The zero-order valence-electron chi connectivity index (χ0n) is 11.8. The molecule has 1 aromatic heterocycles. The average Bonchev–Trinajstić information content (AvgIpc) is 3.23. The van der Waals surface area contributed by atoms with Gasteiger partial charge in [0.15, 0.2) is 0 Å². The Morgan fingerprint density at radius 2 is 2.05 bits per heavy atom. The number of aromatic nitrogens is 2. The van der Waals surface area contributed by atoms with E-state index in [0.717, 1.165) is 18.5 Å². The smallest absolute Gasteiger partial charge is 0.240 e. The quantitative estimate of drug-likeness (QED) is 0.873. The van der Waals surface area contributed by atoms with Crippen LogP contribution in [0.2, 0.25) is 0 Å². The van der Waals surface area contributed by atoms with Crippen LogP contribution in [-0.4, -0.2) is 32.9 Å². The molecular weight excluding hydrogens is 240 g/mol. The van der Waals surface area contributed by atoms with Crippen molar-refractivity contribution in [2.75, 3.05) is 0 Å². The number of carbonyl (C=O) groups excluding carboxylic acids is 1. The molecule has 0 saturated heterocycles. The number of rotatable bonds is 5. The van der Waals surface area contributed by atoms with Crippen LogP contribution in [0.15, 0.2) is 18.6 Å². The highest BCUT2D eigenvalue weighted by molar-refractivity contribution is 5.82. The van der Waals surface area contributed by atoms with Gasteiger partial charge in [0, 0.05) is 18.4 Å². The maximum Gasteiger partial charge on any atom is 0.240 e. The minimum absolute atomic E-state index is 0.0238. The van der Waals surface area contributed by atoms with E-state index in [9.17, 15) is 4.79 Å². The molecule has 1 aliphatic carbocycles. The van der Waals surface area contributed by atoms with Gasteiger partial charge in [-0.25, -0.2) is 0 Å². The number of nitrogens with zero attached hydrogens (tertiary/aromatic N) is 3. The first kappa shape index (κ1) is 13.9. The summed E-state index contributed by atoms with van der Waals surface area (Å²) in [5, 5.41) is 0. The van der Waals surface area contributed by atoms with Gasteiger partial charge in [-0.1, -0.05) is 13.8 Å². The Hall–Kier alpha value is -1.49. The second-order valence-electron chi connectivity index (χ2n) is 5.55. The number of hydrogen-bond acceptors (Lipinski definition) is 4. The van der Waals surface area contributed by atoms with Crippen LogP contribution in [0.3, 0.4) is 0 Å². The van der Waals surface area contributed by atoms with Gasteiger partial charge in [-0.15, -0.1) is 0 Å². The molecule has 0 aromatic carbocycles. The van der Waals surface area contributed by atoms with E-state index < -0.39 is 6.04 Å². The van der Waals surface area contributed by atoms with Crippen LogP contribution in [0, 0.1) is 5.92 Å². The molecular formula is C14H22N4O. The number of amides is 1. The topological polar surface area (TPSA) is 72.1 Å². The van der Waals surface area contributed by atoms with Gasteiger partial charge in [-0.2, -0.15) is 0 Å². The summed E-state index contributed by atoms with van der Waals surface area (Å²) < 4.78 is 0. The second-order valence-corrected chi connectivity index (χ2v) is 5.55. The van der Waals surface area contributed by atoms with E-state index in [2.05, 4.69) is 9.97 Å². The highest BCUT2D eigenvalue weighted by Crippen LogP contribution is 2.34. The zero-order chi connectivity index (χ0) is 14.0. The molecule has 0 spiro atoms. The van der Waals surface area contributed by atoms with E-state index >= 15 is 0 Å². The molecule has 19 heavy (non-hydrogen) atoms. The molecule has 5 nitrogen and oxygen atoms in total. The lowest BCUT2D eigenvalue weighted by Gasteiger charge is -2.32. The SMILES string of the molecule is CC(C)C(N)C(=O)N(C1CC1)C(C)c1cnccn1. The molecule has 1 saturated carbocycles. The Balaban J connectivity index is 2.19. The number of nitrogens with two attached hydrogens (primary N) is 1. The fraction of sp³-hybridized carbons (Fsp3) is 0.643. The van der Waals surface area contributed by atoms with E-state index in [4.69, 9.17) is 5.73 Å². The van der Waals surface area contributed by atoms with E-state index in [0.29, 0.717) is 6.04 Å². The minimum Gasteiger partial charge on any atom is -0.330 e. The van der Waals surface area contributed by atoms with Crippen molar-refractivity contribution in [3.05, 3.63) is 24.3 Å². The number of carbonyl (C=O) groups is 1. The molecule has 1 amide bonds. The Morgan fingerprint density at radius 3 is 2.53 bits per heavy atom. The molecule has 1 fully saturated rings. The Kier molecular flexibility index (Phi) is 4.14. The average molecular weight is 262 g/mol. The lowest BCUT2D eigenvalue weighted by Crippen LogP contribution is -2.48. The molecule has 5 heteroatoms. The van der Waals surface area contributed by atoms with Crippen molar-refractivity contribution in [2.24, 2.45) is 11.7 Å².